The molecule has 2 N–H and O–H groups in total. The van der Waals surface area contributed by atoms with Gasteiger partial charge in [-0.3, -0.25) is 0 Å². The van der Waals surface area contributed by atoms with Crippen LogP contribution in [0.4, 0.5) is 0 Å². The van der Waals surface area contributed by atoms with Gasteiger partial charge in [-0.15, -0.1) is 0 Å². The predicted octanol–water partition coefficient (Wildman–Crippen LogP) is 1.75. The minimum Gasteiger partial charge on any atom is -0.325 e. The Morgan fingerprint density at radius 3 is 2.75 bits per heavy atom. The Balaban J connectivity index is 2.06. The van der Waals surface area contributed by atoms with Crippen LogP contribution < -0.4 is 5.73 Å². The number of hydrogen-bond donors (Lipinski definition) is 1. The largest absolute Gasteiger partial charge is 0.325 e. The molecule has 90 valence electrons. The van der Waals surface area contributed by atoms with Gasteiger partial charge in [0.2, 0.25) is 0 Å². The van der Waals surface area contributed by atoms with Crippen LogP contribution in [-0.2, 0) is 13.0 Å². The Morgan fingerprint density at radius 2 is 2.12 bits per heavy atom. The van der Waals surface area contributed by atoms with Crippen LogP contribution in [-0.4, -0.2) is 20.3 Å². The summed E-state index contributed by atoms with van der Waals surface area (Å²) >= 11 is 0. The number of nitrogens with zero attached hydrogens (tertiary/aromatic N) is 3. The van der Waals surface area contributed by atoms with Gasteiger partial charge < -0.3 is 5.73 Å². The highest BCUT2D eigenvalue weighted by Gasteiger charge is 2.31. The predicted molar refractivity (Wildman–Crippen MR) is 64.0 cm³/mol. The van der Waals surface area contributed by atoms with Crippen molar-refractivity contribution in [1.82, 2.24) is 14.8 Å². The third kappa shape index (κ3) is 2.61. The molecular formula is C12H22N4. The van der Waals surface area contributed by atoms with Crippen LogP contribution in [0.25, 0.3) is 0 Å². The van der Waals surface area contributed by atoms with E-state index in [1.807, 2.05) is 4.68 Å². The molecule has 0 atom stereocenters. The average molecular weight is 222 g/mol. The zero-order valence-electron chi connectivity index (χ0n) is 10.3. The first-order valence-electron chi connectivity index (χ1n) is 6.25. The minimum atomic E-state index is -0.0260. The second-order valence-corrected chi connectivity index (χ2v) is 5.50. The van der Waals surface area contributed by atoms with Crippen LogP contribution in [0, 0.1) is 5.92 Å². The summed E-state index contributed by atoms with van der Waals surface area (Å²) in [7, 11) is 0. The standard InChI is InChI=1S/C12H22N4/c1-10(2)8-16-11(14-9-15-16)7-12(13)5-3-4-6-12/h9-10H,3-8,13H2,1-2H3. The van der Waals surface area contributed by atoms with Crippen molar-refractivity contribution in [2.24, 2.45) is 11.7 Å². The monoisotopic (exact) mass is 222 g/mol. The topological polar surface area (TPSA) is 56.7 Å². The molecule has 1 fully saturated rings. The van der Waals surface area contributed by atoms with E-state index in [1.54, 1.807) is 6.33 Å². The lowest BCUT2D eigenvalue weighted by molar-refractivity contribution is 0.396. The SMILES string of the molecule is CC(C)Cn1ncnc1CC1(N)CCCC1. The summed E-state index contributed by atoms with van der Waals surface area (Å²) in [5.41, 5.74) is 6.34. The Labute approximate surface area is 97.2 Å². The number of nitrogens with two attached hydrogens (primary N) is 1. The van der Waals surface area contributed by atoms with E-state index in [-0.39, 0.29) is 5.54 Å². The van der Waals surface area contributed by atoms with E-state index in [9.17, 15) is 0 Å². The Bertz CT molecular complexity index is 337. The second-order valence-electron chi connectivity index (χ2n) is 5.50. The molecule has 0 spiro atoms. The van der Waals surface area contributed by atoms with E-state index in [0.717, 1.165) is 31.6 Å². The van der Waals surface area contributed by atoms with Gasteiger partial charge in [-0.05, 0) is 18.8 Å². The lowest BCUT2D eigenvalue weighted by atomic mass is 9.94. The molecule has 4 heteroatoms. The van der Waals surface area contributed by atoms with E-state index >= 15 is 0 Å². The molecule has 1 aromatic heterocycles. The zero-order valence-corrected chi connectivity index (χ0v) is 10.3. The number of rotatable bonds is 4. The van der Waals surface area contributed by atoms with Gasteiger partial charge in [0.1, 0.15) is 12.2 Å². The molecule has 0 saturated heterocycles. The van der Waals surface area contributed by atoms with Crippen molar-refractivity contribution < 1.29 is 0 Å². The van der Waals surface area contributed by atoms with Gasteiger partial charge in [0.25, 0.3) is 0 Å². The van der Waals surface area contributed by atoms with E-state index in [4.69, 9.17) is 5.73 Å². The van der Waals surface area contributed by atoms with Crippen molar-refractivity contribution in [2.45, 2.75) is 58.0 Å². The lowest BCUT2D eigenvalue weighted by Crippen LogP contribution is -2.39. The van der Waals surface area contributed by atoms with Crippen molar-refractivity contribution in [3.63, 3.8) is 0 Å². The summed E-state index contributed by atoms with van der Waals surface area (Å²) in [5, 5.41) is 4.28. The van der Waals surface area contributed by atoms with Gasteiger partial charge >= 0.3 is 0 Å². The van der Waals surface area contributed by atoms with E-state index in [1.165, 1.54) is 12.8 Å². The van der Waals surface area contributed by atoms with Gasteiger partial charge in [0.15, 0.2) is 0 Å². The first-order chi connectivity index (χ1) is 7.59. The summed E-state index contributed by atoms with van der Waals surface area (Å²) < 4.78 is 2.01. The molecular weight excluding hydrogens is 200 g/mol. The molecule has 4 nitrogen and oxygen atoms in total. The molecule has 1 aliphatic rings. The molecule has 2 rings (SSSR count). The maximum absolute atomic E-state index is 6.37. The third-order valence-electron chi connectivity index (χ3n) is 3.34. The zero-order chi connectivity index (χ0) is 11.6. The fraction of sp³-hybridized carbons (Fsp3) is 0.833. The molecule has 0 aliphatic heterocycles. The molecule has 0 unspecified atom stereocenters. The van der Waals surface area contributed by atoms with E-state index in [0.29, 0.717) is 5.92 Å². The highest BCUT2D eigenvalue weighted by Crippen LogP contribution is 2.29. The maximum Gasteiger partial charge on any atom is 0.138 e. The number of aromatic nitrogens is 3. The molecule has 0 aromatic carbocycles. The average Bonchev–Trinajstić information content (AvgIpc) is 2.77. The van der Waals surface area contributed by atoms with E-state index < -0.39 is 0 Å². The molecule has 1 saturated carbocycles. The van der Waals surface area contributed by atoms with Gasteiger partial charge in [0.05, 0.1) is 0 Å². The highest BCUT2D eigenvalue weighted by molar-refractivity contribution is 5.00. The fourth-order valence-electron chi connectivity index (χ4n) is 2.49. The van der Waals surface area contributed by atoms with Crippen LogP contribution >= 0.6 is 0 Å². The Hall–Kier alpha value is -0.900. The van der Waals surface area contributed by atoms with Gasteiger partial charge in [0, 0.05) is 18.5 Å². The van der Waals surface area contributed by atoms with Crippen molar-refractivity contribution >= 4 is 0 Å². The van der Waals surface area contributed by atoms with Crippen molar-refractivity contribution in [1.29, 1.82) is 0 Å². The Kier molecular flexibility index (Phi) is 3.28. The molecule has 1 aliphatic carbocycles. The van der Waals surface area contributed by atoms with Crippen molar-refractivity contribution in [3.05, 3.63) is 12.2 Å². The molecule has 0 radical (unpaired) electrons. The fourth-order valence-corrected chi connectivity index (χ4v) is 2.49. The third-order valence-corrected chi connectivity index (χ3v) is 3.34. The van der Waals surface area contributed by atoms with Crippen LogP contribution in [0.1, 0.15) is 45.4 Å². The van der Waals surface area contributed by atoms with Crippen LogP contribution in [0.2, 0.25) is 0 Å². The van der Waals surface area contributed by atoms with Crippen LogP contribution in [0.5, 0.6) is 0 Å². The minimum absolute atomic E-state index is 0.0260. The molecule has 1 heterocycles. The summed E-state index contributed by atoms with van der Waals surface area (Å²) in [4.78, 5) is 4.35. The summed E-state index contributed by atoms with van der Waals surface area (Å²) in [6.45, 7) is 5.32. The van der Waals surface area contributed by atoms with Crippen LogP contribution in [0.15, 0.2) is 6.33 Å². The molecule has 1 aromatic rings. The maximum atomic E-state index is 6.37. The smallest absolute Gasteiger partial charge is 0.138 e. The molecule has 0 bridgehead atoms. The lowest BCUT2D eigenvalue weighted by Gasteiger charge is -2.23. The number of hydrogen-bond acceptors (Lipinski definition) is 3. The quantitative estimate of drug-likeness (QED) is 0.844. The van der Waals surface area contributed by atoms with Crippen LogP contribution in [0.3, 0.4) is 0 Å². The molecule has 16 heavy (non-hydrogen) atoms. The van der Waals surface area contributed by atoms with Gasteiger partial charge in [-0.1, -0.05) is 26.7 Å². The Morgan fingerprint density at radius 1 is 1.44 bits per heavy atom. The van der Waals surface area contributed by atoms with E-state index in [2.05, 4.69) is 23.9 Å². The normalized spacial score (nSPS) is 19.5. The second kappa shape index (κ2) is 4.53. The first-order valence-corrected chi connectivity index (χ1v) is 6.25. The highest BCUT2D eigenvalue weighted by atomic mass is 15.3. The summed E-state index contributed by atoms with van der Waals surface area (Å²) in [6.07, 6.45) is 7.29. The summed E-state index contributed by atoms with van der Waals surface area (Å²) in [5.74, 6) is 1.65. The van der Waals surface area contributed by atoms with Gasteiger partial charge in [-0.2, -0.15) is 5.10 Å². The van der Waals surface area contributed by atoms with Crippen molar-refractivity contribution in [3.8, 4) is 0 Å². The summed E-state index contributed by atoms with van der Waals surface area (Å²) in [6, 6.07) is 0. The first kappa shape index (κ1) is 11.6. The van der Waals surface area contributed by atoms with Gasteiger partial charge in [-0.25, -0.2) is 9.67 Å². The van der Waals surface area contributed by atoms with Crippen molar-refractivity contribution in [2.75, 3.05) is 0 Å². The molecule has 0 amide bonds.